The Hall–Kier alpha value is 0.210. The maximum absolute atomic E-state index is 5.92. The molecule has 0 bridgehead atoms. The van der Waals surface area contributed by atoms with E-state index < -0.39 is 0 Å². The van der Waals surface area contributed by atoms with Crippen molar-refractivity contribution >= 4 is 12.4 Å². The first-order valence-electron chi connectivity index (χ1n) is 6.77. The topological polar surface area (TPSA) is 21.3 Å². The summed E-state index contributed by atoms with van der Waals surface area (Å²) in [6.07, 6.45) is 11.6. The van der Waals surface area contributed by atoms with E-state index in [9.17, 15) is 0 Å². The van der Waals surface area contributed by atoms with Crippen LogP contribution in [0.1, 0.15) is 51.4 Å². The molecule has 2 rings (SSSR count). The van der Waals surface area contributed by atoms with Crippen LogP contribution in [0.2, 0.25) is 0 Å². The fourth-order valence-corrected chi connectivity index (χ4v) is 2.84. The quantitative estimate of drug-likeness (QED) is 0.824. The third kappa shape index (κ3) is 5.03. The van der Waals surface area contributed by atoms with E-state index in [1.165, 1.54) is 57.9 Å². The molecule has 1 N–H and O–H groups in total. The zero-order valence-corrected chi connectivity index (χ0v) is 11.1. The van der Waals surface area contributed by atoms with Gasteiger partial charge in [0.25, 0.3) is 0 Å². The van der Waals surface area contributed by atoms with Crippen LogP contribution in [-0.2, 0) is 4.74 Å². The van der Waals surface area contributed by atoms with Gasteiger partial charge in [-0.25, -0.2) is 0 Å². The van der Waals surface area contributed by atoms with Crippen LogP contribution in [0.5, 0.6) is 0 Å². The van der Waals surface area contributed by atoms with E-state index in [0.717, 1.165) is 19.1 Å². The standard InChI is InChI=1S/C13H25NO.ClH/c1-2-5-12(6-3-1)8-10-15-13-7-4-9-14-11-13;/h12-14H,1-11H2;1H. The second kappa shape index (κ2) is 8.32. The first kappa shape index (κ1) is 14.3. The Labute approximate surface area is 106 Å². The van der Waals surface area contributed by atoms with Gasteiger partial charge in [-0.1, -0.05) is 32.1 Å². The molecule has 1 unspecified atom stereocenters. The van der Waals surface area contributed by atoms with Crippen LogP contribution >= 0.6 is 12.4 Å². The molecule has 2 aliphatic rings. The molecule has 1 heterocycles. The van der Waals surface area contributed by atoms with Gasteiger partial charge in [-0.15, -0.1) is 12.4 Å². The van der Waals surface area contributed by atoms with E-state index in [0.29, 0.717) is 6.10 Å². The molecule has 1 aliphatic heterocycles. The number of hydrogen-bond acceptors (Lipinski definition) is 2. The summed E-state index contributed by atoms with van der Waals surface area (Å²) < 4.78 is 5.92. The van der Waals surface area contributed by atoms with Gasteiger partial charge < -0.3 is 10.1 Å². The van der Waals surface area contributed by atoms with E-state index >= 15 is 0 Å². The van der Waals surface area contributed by atoms with Crippen molar-refractivity contribution in [3.05, 3.63) is 0 Å². The summed E-state index contributed by atoms with van der Waals surface area (Å²) in [7, 11) is 0. The molecule has 1 saturated heterocycles. The van der Waals surface area contributed by atoms with Crippen LogP contribution in [0, 0.1) is 5.92 Å². The number of rotatable bonds is 4. The minimum absolute atomic E-state index is 0. The third-order valence-electron chi connectivity index (χ3n) is 3.86. The summed E-state index contributed by atoms with van der Waals surface area (Å²) in [6, 6.07) is 0. The fraction of sp³-hybridized carbons (Fsp3) is 1.00. The van der Waals surface area contributed by atoms with Gasteiger partial charge in [-0.2, -0.15) is 0 Å². The monoisotopic (exact) mass is 247 g/mol. The van der Waals surface area contributed by atoms with Crippen LogP contribution in [-0.4, -0.2) is 25.8 Å². The first-order chi connectivity index (χ1) is 7.45. The Morgan fingerprint density at radius 1 is 1.00 bits per heavy atom. The van der Waals surface area contributed by atoms with E-state index in [1.807, 2.05) is 0 Å². The molecular weight excluding hydrogens is 222 g/mol. The predicted octanol–water partition coefficient (Wildman–Crippen LogP) is 3.15. The maximum Gasteiger partial charge on any atom is 0.0699 e. The Morgan fingerprint density at radius 3 is 2.50 bits per heavy atom. The van der Waals surface area contributed by atoms with Crippen molar-refractivity contribution < 1.29 is 4.74 Å². The van der Waals surface area contributed by atoms with Crippen LogP contribution < -0.4 is 5.32 Å². The molecule has 0 aromatic heterocycles. The van der Waals surface area contributed by atoms with Gasteiger partial charge in [-0.05, 0) is 31.7 Å². The predicted molar refractivity (Wildman–Crippen MR) is 70.3 cm³/mol. The smallest absolute Gasteiger partial charge is 0.0699 e. The Balaban J connectivity index is 0.00000128. The van der Waals surface area contributed by atoms with Crippen molar-refractivity contribution in [1.82, 2.24) is 5.32 Å². The van der Waals surface area contributed by atoms with Crippen molar-refractivity contribution in [2.24, 2.45) is 5.92 Å². The summed E-state index contributed by atoms with van der Waals surface area (Å²) >= 11 is 0. The molecule has 96 valence electrons. The average Bonchev–Trinajstić information content (AvgIpc) is 2.32. The van der Waals surface area contributed by atoms with E-state index in [1.54, 1.807) is 0 Å². The number of piperidine rings is 1. The lowest BCUT2D eigenvalue weighted by Crippen LogP contribution is -2.35. The lowest BCUT2D eigenvalue weighted by atomic mass is 9.87. The molecule has 3 heteroatoms. The van der Waals surface area contributed by atoms with Crippen molar-refractivity contribution in [2.45, 2.75) is 57.5 Å². The summed E-state index contributed by atoms with van der Waals surface area (Å²) in [4.78, 5) is 0. The molecule has 2 nitrogen and oxygen atoms in total. The van der Waals surface area contributed by atoms with Crippen LogP contribution in [0.25, 0.3) is 0 Å². The highest BCUT2D eigenvalue weighted by atomic mass is 35.5. The largest absolute Gasteiger partial charge is 0.377 e. The summed E-state index contributed by atoms with van der Waals surface area (Å²) in [6.45, 7) is 3.25. The molecule has 0 aromatic carbocycles. The zero-order chi connectivity index (χ0) is 10.3. The highest BCUT2D eigenvalue weighted by Crippen LogP contribution is 2.26. The molecule has 16 heavy (non-hydrogen) atoms. The minimum Gasteiger partial charge on any atom is -0.377 e. The number of hydrogen-bond donors (Lipinski definition) is 1. The summed E-state index contributed by atoms with van der Waals surface area (Å²) in [5.74, 6) is 0.968. The van der Waals surface area contributed by atoms with Gasteiger partial charge >= 0.3 is 0 Å². The van der Waals surface area contributed by atoms with E-state index in [4.69, 9.17) is 4.74 Å². The van der Waals surface area contributed by atoms with Gasteiger partial charge in [0.1, 0.15) is 0 Å². The van der Waals surface area contributed by atoms with Gasteiger partial charge in [-0.3, -0.25) is 0 Å². The van der Waals surface area contributed by atoms with Gasteiger partial charge in [0.05, 0.1) is 6.10 Å². The number of ether oxygens (including phenoxy) is 1. The molecule has 0 aromatic rings. The Morgan fingerprint density at radius 2 is 1.81 bits per heavy atom. The van der Waals surface area contributed by atoms with Crippen LogP contribution in [0.15, 0.2) is 0 Å². The molecule has 1 atom stereocenters. The van der Waals surface area contributed by atoms with E-state index in [2.05, 4.69) is 5.32 Å². The van der Waals surface area contributed by atoms with Crippen molar-refractivity contribution in [3.63, 3.8) is 0 Å². The summed E-state index contributed by atoms with van der Waals surface area (Å²) in [5, 5.41) is 3.40. The third-order valence-corrected chi connectivity index (χ3v) is 3.86. The SMILES string of the molecule is C1CCC(CCOC2CCCNC2)CC1.Cl. The van der Waals surface area contributed by atoms with Crippen molar-refractivity contribution in [1.29, 1.82) is 0 Å². The second-order valence-corrected chi connectivity index (χ2v) is 5.13. The molecule has 1 aliphatic carbocycles. The van der Waals surface area contributed by atoms with E-state index in [-0.39, 0.29) is 12.4 Å². The fourth-order valence-electron chi connectivity index (χ4n) is 2.84. The Kier molecular flexibility index (Phi) is 7.42. The maximum atomic E-state index is 5.92. The highest BCUT2D eigenvalue weighted by molar-refractivity contribution is 5.85. The second-order valence-electron chi connectivity index (χ2n) is 5.13. The van der Waals surface area contributed by atoms with Gasteiger partial charge in [0, 0.05) is 13.2 Å². The molecule has 0 radical (unpaired) electrons. The molecule has 1 saturated carbocycles. The minimum atomic E-state index is 0. The normalized spacial score (nSPS) is 27.4. The molecule has 0 amide bonds. The zero-order valence-electron chi connectivity index (χ0n) is 10.2. The molecule has 2 fully saturated rings. The summed E-state index contributed by atoms with van der Waals surface area (Å²) in [5.41, 5.74) is 0. The first-order valence-corrected chi connectivity index (χ1v) is 6.77. The number of nitrogens with one attached hydrogen (secondary N) is 1. The lowest BCUT2D eigenvalue weighted by Gasteiger charge is -2.25. The van der Waals surface area contributed by atoms with Crippen molar-refractivity contribution in [3.8, 4) is 0 Å². The molecule has 0 spiro atoms. The highest BCUT2D eigenvalue weighted by Gasteiger charge is 2.16. The Bertz CT molecular complexity index is 147. The lowest BCUT2D eigenvalue weighted by molar-refractivity contribution is 0.0271. The molecular formula is C13H26ClNO. The van der Waals surface area contributed by atoms with Crippen LogP contribution in [0.4, 0.5) is 0 Å². The van der Waals surface area contributed by atoms with Crippen LogP contribution in [0.3, 0.4) is 0 Å². The van der Waals surface area contributed by atoms with Gasteiger partial charge in [0.15, 0.2) is 0 Å². The number of halogens is 1. The van der Waals surface area contributed by atoms with Crippen molar-refractivity contribution in [2.75, 3.05) is 19.7 Å². The van der Waals surface area contributed by atoms with Gasteiger partial charge in [0.2, 0.25) is 0 Å². The average molecular weight is 248 g/mol.